The van der Waals surface area contributed by atoms with Gasteiger partial charge in [0.2, 0.25) is 5.91 Å². The summed E-state index contributed by atoms with van der Waals surface area (Å²) in [4.78, 5) is 11.6. The van der Waals surface area contributed by atoms with Crippen LogP contribution in [-0.4, -0.2) is 5.91 Å². The van der Waals surface area contributed by atoms with Gasteiger partial charge in [-0.3, -0.25) is 10.1 Å². The van der Waals surface area contributed by atoms with Gasteiger partial charge in [-0.15, -0.1) is 0 Å². The highest BCUT2D eigenvalue weighted by molar-refractivity contribution is 6.35. The number of carbonyl (C=O) groups is 1. The first-order valence-electron chi connectivity index (χ1n) is 6.09. The molecule has 3 N–H and O–H groups in total. The maximum atomic E-state index is 11.6. The van der Waals surface area contributed by atoms with Gasteiger partial charge in [0.15, 0.2) is 0 Å². The molecule has 5 heteroatoms. The van der Waals surface area contributed by atoms with E-state index < -0.39 is 11.9 Å². The van der Waals surface area contributed by atoms with Gasteiger partial charge in [0.1, 0.15) is 6.04 Å². The van der Waals surface area contributed by atoms with Crippen molar-refractivity contribution in [2.24, 2.45) is 5.73 Å². The third kappa shape index (κ3) is 3.73. The number of amides is 1. The predicted molar refractivity (Wildman–Crippen MR) is 81.7 cm³/mol. The highest BCUT2D eigenvalue weighted by Gasteiger charge is 2.17. The molecule has 0 aliphatic heterocycles. The zero-order valence-electron chi connectivity index (χ0n) is 10.6. The molecule has 20 heavy (non-hydrogen) atoms. The molecule has 0 spiro atoms. The van der Waals surface area contributed by atoms with Gasteiger partial charge in [0, 0.05) is 16.6 Å². The molecule has 0 aromatic heterocycles. The molecule has 0 aliphatic carbocycles. The monoisotopic (exact) mass is 308 g/mol. The van der Waals surface area contributed by atoms with Crippen molar-refractivity contribution in [3.63, 3.8) is 0 Å². The number of hydrogen-bond acceptors (Lipinski definition) is 2. The number of nitrogens with one attached hydrogen (secondary N) is 1. The minimum atomic E-state index is -0.553. The van der Waals surface area contributed by atoms with Crippen molar-refractivity contribution in [1.29, 1.82) is 0 Å². The van der Waals surface area contributed by atoms with Crippen molar-refractivity contribution in [3.8, 4) is 0 Å². The number of primary amides is 1. The largest absolute Gasteiger partial charge is 0.368 e. The molecule has 0 unspecified atom stereocenters. The van der Waals surface area contributed by atoms with Crippen LogP contribution in [0.3, 0.4) is 0 Å². The van der Waals surface area contributed by atoms with Crippen molar-refractivity contribution in [2.75, 3.05) is 0 Å². The summed E-state index contributed by atoms with van der Waals surface area (Å²) in [7, 11) is 0. The molecule has 0 bridgehead atoms. The molecule has 0 saturated carbocycles. The molecule has 0 aliphatic rings. The van der Waals surface area contributed by atoms with E-state index in [1.807, 2.05) is 36.4 Å². The molecule has 1 amide bonds. The smallest absolute Gasteiger partial charge is 0.239 e. The fourth-order valence-corrected chi connectivity index (χ4v) is 2.38. The fraction of sp³-hybridized carbons (Fsp3) is 0.133. The van der Waals surface area contributed by atoms with Gasteiger partial charge in [-0.25, -0.2) is 0 Å². The normalized spacial score (nSPS) is 12.1. The summed E-state index contributed by atoms with van der Waals surface area (Å²) in [5, 5.41) is 4.24. The van der Waals surface area contributed by atoms with E-state index in [0.29, 0.717) is 16.6 Å². The van der Waals surface area contributed by atoms with Crippen molar-refractivity contribution in [1.82, 2.24) is 5.32 Å². The zero-order valence-corrected chi connectivity index (χ0v) is 12.2. The summed E-state index contributed by atoms with van der Waals surface area (Å²) in [5.41, 5.74) is 7.12. The topological polar surface area (TPSA) is 55.1 Å². The highest BCUT2D eigenvalue weighted by Crippen LogP contribution is 2.22. The first-order valence-corrected chi connectivity index (χ1v) is 6.85. The van der Waals surface area contributed by atoms with Gasteiger partial charge in [-0.05, 0) is 23.3 Å². The molecule has 2 rings (SSSR count). The van der Waals surface area contributed by atoms with E-state index in [-0.39, 0.29) is 0 Å². The number of carbonyl (C=O) groups excluding carboxylic acids is 1. The highest BCUT2D eigenvalue weighted by atomic mass is 35.5. The lowest BCUT2D eigenvalue weighted by Crippen LogP contribution is -2.33. The number of benzene rings is 2. The van der Waals surface area contributed by atoms with Crippen molar-refractivity contribution in [3.05, 3.63) is 69.7 Å². The second-order valence-corrected chi connectivity index (χ2v) is 5.21. The van der Waals surface area contributed by atoms with E-state index in [4.69, 9.17) is 28.9 Å². The Bertz CT molecular complexity index is 602. The van der Waals surface area contributed by atoms with Crippen molar-refractivity contribution < 1.29 is 4.79 Å². The summed E-state index contributed by atoms with van der Waals surface area (Å²) in [5.74, 6) is -0.429. The minimum Gasteiger partial charge on any atom is -0.368 e. The lowest BCUT2D eigenvalue weighted by Gasteiger charge is -2.16. The Kier molecular flexibility index (Phi) is 5.01. The van der Waals surface area contributed by atoms with Gasteiger partial charge in [0.05, 0.1) is 0 Å². The quantitative estimate of drug-likeness (QED) is 0.890. The average molecular weight is 309 g/mol. The Morgan fingerprint density at radius 1 is 1.15 bits per heavy atom. The average Bonchev–Trinajstić information content (AvgIpc) is 2.42. The predicted octanol–water partition coefficient (Wildman–Crippen LogP) is 3.31. The van der Waals surface area contributed by atoms with Crippen LogP contribution in [-0.2, 0) is 11.3 Å². The molecule has 1 atom stereocenters. The van der Waals surface area contributed by atoms with Crippen molar-refractivity contribution in [2.45, 2.75) is 12.6 Å². The van der Waals surface area contributed by atoms with E-state index in [1.165, 1.54) is 0 Å². The molecule has 0 heterocycles. The SMILES string of the molecule is NC(=O)[C@H](NCc1ccc(Cl)cc1Cl)c1ccccc1. The first kappa shape index (κ1) is 14.9. The van der Waals surface area contributed by atoms with E-state index in [2.05, 4.69) is 5.32 Å². The van der Waals surface area contributed by atoms with Crippen molar-refractivity contribution >= 4 is 29.1 Å². The minimum absolute atomic E-state index is 0.429. The maximum Gasteiger partial charge on any atom is 0.239 e. The molecular weight excluding hydrogens is 295 g/mol. The Balaban J connectivity index is 2.12. The van der Waals surface area contributed by atoms with Crippen LogP contribution < -0.4 is 11.1 Å². The number of rotatable bonds is 5. The first-order chi connectivity index (χ1) is 9.58. The fourth-order valence-electron chi connectivity index (χ4n) is 1.91. The lowest BCUT2D eigenvalue weighted by atomic mass is 10.1. The summed E-state index contributed by atoms with van der Waals surface area (Å²) in [6.45, 7) is 0.429. The standard InChI is InChI=1S/C15H14Cl2N2O/c16-12-7-6-11(13(17)8-12)9-19-14(15(18)20)10-4-2-1-3-5-10/h1-8,14,19H,9H2,(H2,18,20)/t14-/m1/s1. The third-order valence-corrected chi connectivity index (χ3v) is 3.52. The Morgan fingerprint density at radius 2 is 1.85 bits per heavy atom. The van der Waals surface area contributed by atoms with Crippen LogP contribution in [0.15, 0.2) is 48.5 Å². The molecule has 0 saturated heterocycles. The van der Waals surface area contributed by atoms with Crippen LogP contribution >= 0.6 is 23.2 Å². The number of halogens is 2. The summed E-state index contributed by atoms with van der Waals surface area (Å²) < 4.78 is 0. The Morgan fingerprint density at radius 3 is 2.45 bits per heavy atom. The molecule has 2 aromatic rings. The van der Waals surface area contributed by atoms with Gasteiger partial charge in [0.25, 0.3) is 0 Å². The van der Waals surface area contributed by atoms with Crippen LogP contribution in [0.25, 0.3) is 0 Å². The van der Waals surface area contributed by atoms with Gasteiger partial charge < -0.3 is 5.73 Å². The van der Waals surface area contributed by atoms with E-state index in [0.717, 1.165) is 11.1 Å². The summed E-state index contributed by atoms with van der Waals surface area (Å²) in [6, 6.07) is 14.0. The molecule has 0 fully saturated rings. The second-order valence-electron chi connectivity index (χ2n) is 4.36. The van der Waals surface area contributed by atoms with Crippen LogP contribution in [0.2, 0.25) is 10.0 Å². The van der Waals surface area contributed by atoms with Gasteiger partial charge in [-0.1, -0.05) is 59.6 Å². The van der Waals surface area contributed by atoms with Crippen LogP contribution in [0.5, 0.6) is 0 Å². The molecular formula is C15H14Cl2N2O. The Labute approximate surface area is 127 Å². The summed E-state index contributed by atoms with van der Waals surface area (Å²) in [6.07, 6.45) is 0. The number of nitrogens with two attached hydrogens (primary N) is 1. The van der Waals surface area contributed by atoms with Gasteiger partial charge in [-0.2, -0.15) is 0 Å². The van der Waals surface area contributed by atoms with Crippen LogP contribution in [0, 0.1) is 0 Å². The molecule has 104 valence electrons. The maximum absolute atomic E-state index is 11.6. The third-order valence-electron chi connectivity index (χ3n) is 2.93. The Hall–Kier alpha value is -1.55. The van der Waals surface area contributed by atoms with Crippen LogP contribution in [0.1, 0.15) is 17.2 Å². The molecule has 0 radical (unpaired) electrons. The molecule has 3 nitrogen and oxygen atoms in total. The van der Waals surface area contributed by atoms with E-state index in [1.54, 1.807) is 12.1 Å². The molecule has 2 aromatic carbocycles. The van der Waals surface area contributed by atoms with Gasteiger partial charge >= 0.3 is 0 Å². The zero-order chi connectivity index (χ0) is 14.5. The van der Waals surface area contributed by atoms with E-state index in [9.17, 15) is 4.79 Å². The van der Waals surface area contributed by atoms with Crippen LogP contribution in [0.4, 0.5) is 0 Å². The second kappa shape index (κ2) is 6.75. The van der Waals surface area contributed by atoms with E-state index >= 15 is 0 Å². The summed E-state index contributed by atoms with van der Waals surface area (Å²) >= 11 is 11.9. The number of hydrogen-bond donors (Lipinski definition) is 2. The lowest BCUT2D eigenvalue weighted by molar-refractivity contribution is -0.120.